The van der Waals surface area contributed by atoms with E-state index in [9.17, 15) is 0 Å². The lowest BCUT2D eigenvalue weighted by Crippen LogP contribution is -2.12. The molecule has 0 saturated carbocycles. The predicted octanol–water partition coefficient (Wildman–Crippen LogP) is 4.03. The second-order valence-electron chi connectivity index (χ2n) is 4.85. The van der Waals surface area contributed by atoms with Crippen molar-refractivity contribution in [2.24, 2.45) is 0 Å². The van der Waals surface area contributed by atoms with Crippen LogP contribution in [-0.2, 0) is 13.1 Å². The van der Waals surface area contributed by atoms with Crippen molar-refractivity contribution in [1.29, 1.82) is 0 Å². The molecule has 0 aliphatic carbocycles. The summed E-state index contributed by atoms with van der Waals surface area (Å²) in [6, 6.07) is 16.7. The fourth-order valence-corrected chi connectivity index (χ4v) is 2.33. The Kier molecular flexibility index (Phi) is 3.34. The molecule has 0 fully saturated rings. The summed E-state index contributed by atoms with van der Waals surface area (Å²) >= 11 is 0. The fourth-order valence-electron chi connectivity index (χ4n) is 2.33. The monoisotopic (exact) mass is 251 g/mol. The van der Waals surface area contributed by atoms with E-state index < -0.39 is 0 Å². The van der Waals surface area contributed by atoms with Crippen LogP contribution in [0.3, 0.4) is 0 Å². The van der Waals surface area contributed by atoms with Crippen molar-refractivity contribution in [2.75, 3.05) is 0 Å². The summed E-state index contributed by atoms with van der Waals surface area (Å²) in [4.78, 5) is 0. The molecule has 2 aromatic carbocycles. The predicted molar refractivity (Wildman–Crippen MR) is 77.9 cm³/mol. The molecule has 3 rings (SSSR count). The van der Waals surface area contributed by atoms with Gasteiger partial charge in [0.1, 0.15) is 5.58 Å². The lowest BCUT2D eigenvalue weighted by Gasteiger charge is -2.04. The van der Waals surface area contributed by atoms with Gasteiger partial charge < -0.3 is 9.73 Å². The molecule has 1 aromatic heterocycles. The third kappa shape index (κ3) is 2.69. The molecule has 0 amide bonds. The zero-order valence-corrected chi connectivity index (χ0v) is 11.0. The topological polar surface area (TPSA) is 25.2 Å². The van der Waals surface area contributed by atoms with Crippen LogP contribution in [0, 0.1) is 6.92 Å². The van der Waals surface area contributed by atoms with Gasteiger partial charge in [0, 0.05) is 24.0 Å². The molecule has 0 saturated heterocycles. The number of para-hydroxylation sites is 1. The molecule has 0 atom stereocenters. The number of fused-ring (bicyclic) bond motifs is 1. The number of nitrogens with one attached hydrogen (secondary N) is 1. The molecule has 1 N–H and O–H groups in total. The largest absolute Gasteiger partial charge is 0.464 e. The highest BCUT2D eigenvalue weighted by Gasteiger charge is 2.04. The van der Waals surface area contributed by atoms with Gasteiger partial charge >= 0.3 is 0 Å². The SMILES string of the molecule is Cc1cccc(CNCc2coc3ccccc23)c1. The number of rotatable bonds is 4. The quantitative estimate of drug-likeness (QED) is 0.757. The fraction of sp³-hybridized carbons (Fsp3) is 0.176. The van der Waals surface area contributed by atoms with Crippen molar-refractivity contribution in [1.82, 2.24) is 5.32 Å². The van der Waals surface area contributed by atoms with Crippen LogP contribution in [0.15, 0.2) is 59.2 Å². The van der Waals surface area contributed by atoms with E-state index in [1.807, 2.05) is 24.5 Å². The van der Waals surface area contributed by atoms with E-state index in [2.05, 4.69) is 42.6 Å². The Hall–Kier alpha value is -2.06. The molecule has 0 spiro atoms. The number of furan rings is 1. The smallest absolute Gasteiger partial charge is 0.134 e. The van der Waals surface area contributed by atoms with E-state index in [4.69, 9.17) is 4.42 Å². The third-order valence-electron chi connectivity index (χ3n) is 3.29. The van der Waals surface area contributed by atoms with Gasteiger partial charge in [-0.1, -0.05) is 48.0 Å². The molecular weight excluding hydrogens is 234 g/mol. The van der Waals surface area contributed by atoms with E-state index in [0.717, 1.165) is 18.7 Å². The van der Waals surface area contributed by atoms with Crippen LogP contribution in [0.5, 0.6) is 0 Å². The molecule has 19 heavy (non-hydrogen) atoms. The molecule has 0 radical (unpaired) electrons. The molecule has 96 valence electrons. The number of hydrogen-bond donors (Lipinski definition) is 1. The number of hydrogen-bond acceptors (Lipinski definition) is 2. The van der Waals surface area contributed by atoms with E-state index in [0.29, 0.717) is 0 Å². The highest BCUT2D eigenvalue weighted by molar-refractivity contribution is 5.80. The summed E-state index contributed by atoms with van der Waals surface area (Å²) < 4.78 is 5.53. The van der Waals surface area contributed by atoms with Crippen LogP contribution in [0.4, 0.5) is 0 Å². The molecule has 0 bridgehead atoms. The maximum absolute atomic E-state index is 5.53. The summed E-state index contributed by atoms with van der Waals surface area (Å²) in [6.07, 6.45) is 1.84. The van der Waals surface area contributed by atoms with Gasteiger partial charge in [-0.2, -0.15) is 0 Å². The van der Waals surface area contributed by atoms with Crippen molar-refractivity contribution in [3.05, 3.63) is 71.5 Å². The summed E-state index contributed by atoms with van der Waals surface area (Å²) in [5, 5.41) is 4.66. The Labute approximate surface area is 113 Å². The van der Waals surface area contributed by atoms with Gasteiger partial charge in [-0.05, 0) is 18.6 Å². The van der Waals surface area contributed by atoms with E-state index in [1.54, 1.807) is 0 Å². The molecule has 0 unspecified atom stereocenters. The van der Waals surface area contributed by atoms with Gasteiger partial charge in [-0.3, -0.25) is 0 Å². The lowest BCUT2D eigenvalue weighted by molar-refractivity contribution is 0.602. The summed E-state index contributed by atoms with van der Waals surface area (Å²) in [5.74, 6) is 0. The van der Waals surface area contributed by atoms with E-state index >= 15 is 0 Å². The summed E-state index contributed by atoms with van der Waals surface area (Å²) in [6.45, 7) is 3.82. The van der Waals surface area contributed by atoms with Gasteiger partial charge in [0.25, 0.3) is 0 Å². The van der Waals surface area contributed by atoms with Crippen molar-refractivity contribution in [3.8, 4) is 0 Å². The van der Waals surface area contributed by atoms with Crippen molar-refractivity contribution in [2.45, 2.75) is 20.0 Å². The molecule has 1 heterocycles. The maximum Gasteiger partial charge on any atom is 0.134 e. The zero-order chi connectivity index (χ0) is 13.1. The minimum Gasteiger partial charge on any atom is -0.464 e. The van der Waals surface area contributed by atoms with Crippen molar-refractivity contribution in [3.63, 3.8) is 0 Å². The van der Waals surface area contributed by atoms with Crippen LogP contribution in [-0.4, -0.2) is 0 Å². The van der Waals surface area contributed by atoms with Crippen LogP contribution in [0.2, 0.25) is 0 Å². The first-order valence-electron chi connectivity index (χ1n) is 6.54. The Morgan fingerprint density at radius 1 is 1.00 bits per heavy atom. The van der Waals surface area contributed by atoms with Crippen LogP contribution in [0.1, 0.15) is 16.7 Å². The first-order chi connectivity index (χ1) is 9.33. The van der Waals surface area contributed by atoms with Gasteiger partial charge in [-0.15, -0.1) is 0 Å². The molecule has 0 aliphatic heterocycles. The average molecular weight is 251 g/mol. The molecule has 0 aliphatic rings. The third-order valence-corrected chi connectivity index (χ3v) is 3.29. The molecule has 2 heteroatoms. The van der Waals surface area contributed by atoms with Gasteiger partial charge in [-0.25, -0.2) is 0 Å². The normalized spacial score (nSPS) is 11.0. The van der Waals surface area contributed by atoms with Gasteiger partial charge in [0.05, 0.1) is 6.26 Å². The Morgan fingerprint density at radius 3 is 2.79 bits per heavy atom. The summed E-state index contributed by atoms with van der Waals surface area (Å²) in [7, 11) is 0. The zero-order valence-electron chi connectivity index (χ0n) is 11.0. The lowest BCUT2D eigenvalue weighted by atomic mass is 10.1. The van der Waals surface area contributed by atoms with Crippen LogP contribution in [0.25, 0.3) is 11.0 Å². The van der Waals surface area contributed by atoms with Gasteiger partial charge in [0.15, 0.2) is 0 Å². The second-order valence-corrected chi connectivity index (χ2v) is 4.85. The van der Waals surface area contributed by atoms with Crippen molar-refractivity contribution < 1.29 is 4.42 Å². The number of benzene rings is 2. The highest BCUT2D eigenvalue weighted by Crippen LogP contribution is 2.20. The molecular formula is C17H17NO. The Morgan fingerprint density at radius 2 is 1.89 bits per heavy atom. The maximum atomic E-state index is 5.53. The first-order valence-corrected chi connectivity index (χ1v) is 6.54. The molecule has 3 aromatic rings. The van der Waals surface area contributed by atoms with E-state index in [-0.39, 0.29) is 0 Å². The Bertz CT molecular complexity index is 684. The standard InChI is InChI=1S/C17H17NO/c1-13-5-4-6-14(9-13)10-18-11-15-12-19-17-8-3-2-7-16(15)17/h2-9,12,18H,10-11H2,1H3. The average Bonchev–Trinajstić information content (AvgIpc) is 2.83. The minimum atomic E-state index is 0.824. The van der Waals surface area contributed by atoms with Crippen molar-refractivity contribution >= 4 is 11.0 Å². The van der Waals surface area contributed by atoms with Crippen LogP contribution >= 0.6 is 0 Å². The number of aryl methyl sites for hydroxylation is 1. The first kappa shape index (κ1) is 12.0. The Balaban J connectivity index is 1.66. The van der Waals surface area contributed by atoms with E-state index in [1.165, 1.54) is 22.1 Å². The van der Waals surface area contributed by atoms with Gasteiger partial charge in [0.2, 0.25) is 0 Å². The summed E-state index contributed by atoms with van der Waals surface area (Å²) in [5.41, 5.74) is 4.78. The second kappa shape index (κ2) is 5.29. The minimum absolute atomic E-state index is 0.824. The highest BCUT2D eigenvalue weighted by atomic mass is 16.3. The molecule has 2 nitrogen and oxygen atoms in total. The van der Waals surface area contributed by atoms with Crippen LogP contribution < -0.4 is 5.32 Å².